The average molecular weight is 219 g/mol. The number of benzene rings is 1. The van der Waals surface area contributed by atoms with Crippen LogP contribution >= 0.6 is 0 Å². The fourth-order valence-electron chi connectivity index (χ4n) is 2.06. The molecule has 2 rings (SSSR count). The minimum Gasteiger partial charge on any atom is -0.330 e. The minimum absolute atomic E-state index is 0.164. The number of anilines is 1. The lowest BCUT2D eigenvalue weighted by Crippen LogP contribution is -2.29. The van der Waals surface area contributed by atoms with Crippen molar-refractivity contribution in [3.05, 3.63) is 29.3 Å². The average Bonchev–Trinajstić information content (AvgIpc) is 2.61. The summed E-state index contributed by atoms with van der Waals surface area (Å²) >= 11 is 0. The lowest BCUT2D eigenvalue weighted by molar-refractivity contribution is -0.117. The van der Waals surface area contributed by atoms with Gasteiger partial charge in [-0.3, -0.25) is 4.79 Å². The Labute approximate surface area is 95.2 Å². The number of rotatable bonds is 4. The Kier molecular flexibility index (Phi) is 3.22. The van der Waals surface area contributed by atoms with Gasteiger partial charge in [0, 0.05) is 18.8 Å². The molecule has 0 spiro atoms. The van der Waals surface area contributed by atoms with Gasteiger partial charge < -0.3 is 16.4 Å². The molecular formula is C12H17N3O. The molecule has 1 amide bonds. The Bertz CT molecular complexity index is 403. The molecule has 0 fully saturated rings. The molecule has 0 radical (unpaired) electrons. The van der Waals surface area contributed by atoms with Crippen molar-refractivity contribution in [2.75, 3.05) is 18.0 Å². The Balaban J connectivity index is 2.24. The molecule has 1 aliphatic heterocycles. The Hall–Kier alpha value is -1.39. The van der Waals surface area contributed by atoms with Crippen LogP contribution in [0.5, 0.6) is 0 Å². The van der Waals surface area contributed by atoms with E-state index in [4.69, 9.17) is 11.5 Å². The SMILES string of the molecule is NCCCN1C(=O)Cc2cc(CN)ccc21. The van der Waals surface area contributed by atoms with Crippen LogP contribution in [0, 0.1) is 0 Å². The summed E-state index contributed by atoms with van der Waals surface area (Å²) in [5, 5.41) is 0. The second-order valence-corrected chi connectivity index (χ2v) is 4.03. The molecule has 86 valence electrons. The molecule has 0 saturated carbocycles. The fraction of sp³-hybridized carbons (Fsp3) is 0.417. The van der Waals surface area contributed by atoms with Gasteiger partial charge in [0.1, 0.15) is 0 Å². The van der Waals surface area contributed by atoms with E-state index in [2.05, 4.69) is 0 Å². The van der Waals surface area contributed by atoms with Crippen LogP contribution in [0.4, 0.5) is 5.69 Å². The molecule has 0 saturated heterocycles. The van der Waals surface area contributed by atoms with Crippen LogP contribution in [-0.2, 0) is 17.8 Å². The van der Waals surface area contributed by atoms with Crippen LogP contribution in [0.1, 0.15) is 17.5 Å². The Morgan fingerprint density at radius 2 is 2.12 bits per heavy atom. The first kappa shape index (κ1) is 11.1. The van der Waals surface area contributed by atoms with E-state index in [-0.39, 0.29) is 5.91 Å². The number of fused-ring (bicyclic) bond motifs is 1. The van der Waals surface area contributed by atoms with Gasteiger partial charge in [-0.2, -0.15) is 0 Å². The molecule has 0 aromatic heterocycles. The molecular weight excluding hydrogens is 202 g/mol. The van der Waals surface area contributed by atoms with Crippen molar-refractivity contribution in [3.8, 4) is 0 Å². The quantitative estimate of drug-likeness (QED) is 0.769. The number of nitrogens with two attached hydrogens (primary N) is 2. The molecule has 4 N–H and O–H groups in total. The third-order valence-electron chi connectivity index (χ3n) is 2.90. The van der Waals surface area contributed by atoms with Gasteiger partial charge in [-0.1, -0.05) is 12.1 Å². The predicted molar refractivity (Wildman–Crippen MR) is 64.1 cm³/mol. The summed E-state index contributed by atoms with van der Waals surface area (Å²) in [6, 6.07) is 5.99. The summed E-state index contributed by atoms with van der Waals surface area (Å²) in [6.07, 6.45) is 1.33. The number of carbonyl (C=O) groups is 1. The summed E-state index contributed by atoms with van der Waals surface area (Å²) in [4.78, 5) is 13.6. The van der Waals surface area contributed by atoms with Gasteiger partial charge in [-0.05, 0) is 30.2 Å². The summed E-state index contributed by atoms with van der Waals surface area (Å²) < 4.78 is 0. The van der Waals surface area contributed by atoms with Crippen molar-refractivity contribution < 1.29 is 4.79 Å². The minimum atomic E-state index is 0.164. The van der Waals surface area contributed by atoms with Crippen LogP contribution in [0.15, 0.2) is 18.2 Å². The second-order valence-electron chi connectivity index (χ2n) is 4.03. The first-order chi connectivity index (χ1) is 7.76. The fourth-order valence-corrected chi connectivity index (χ4v) is 2.06. The van der Waals surface area contributed by atoms with Gasteiger partial charge in [-0.25, -0.2) is 0 Å². The number of nitrogens with zero attached hydrogens (tertiary/aromatic N) is 1. The lowest BCUT2D eigenvalue weighted by atomic mass is 10.1. The predicted octanol–water partition coefficient (Wildman–Crippen LogP) is 0.383. The van der Waals surface area contributed by atoms with Crippen molar-refractivity contribution in [1.82, 2.24) is 0 Å². The van der Waals surface area contributed by atoms with Gasteiger partial charge in [0.25, 0.3) is 0 Å². The monoisotopic (exact) mass is 219 g/mol. The number of hydrogen-bond donors (Lipinski definition) is 2. The van der Waals surface area contributed by atoms with E-state index in [9.17, 15) is 4.79 Å². The highest BCUT2D eigenvalue weighted by molar-refractivity contribution is 6.01. The molecule has 0 atom stereocenters. The number of hydrogen-bond acceptors (Lipinski definition) is 3. The lowest BCUT2D eigenvalue weighted by Gasteiger charge is -2.16. The summed E-state index contributed by atoms with van der Waals surface area (Å²) in [5.74, 6) is 0.164. The highest BCUT2D eigenvalue weighted by Gasteiger charge is 2.26. The van der Waals surface area contributed by atoms with Crippen LogP contribution in [0.2, 0.25) is 0 Å². The van der Waals surface area contributed by atoms with E-state index < -0.39 is 0 Å². The van der Waals surface area contributed by atoms with Gasteiger partial charge in [0.05, 0.1) is 6.42 Å². The highest BCUT2D eigenvalue weighted by Crippen LogP contribution is 2.29. The highest BCUT2D eigenvalue weighted by atomic mass is 16.2. The Morgan fingerprint density at radius 1 is 1.31 bits per heavy atom. The molecule has 4 nitrogen and oxygen atoms in total. The van der Waals surface area contributed by atoms with E-state index in [1.54, 1.807) is 0 Å². The molecule has 0 bridgehead atoms. The van der Waals surface area contributed by atoms with Gasteiger partial charge in [0.2, 0.25) is 5.91 Å². The summed E-state index contributed by atoms with van der Waals surface area (Å²) in [5.41, 5.74) is 14.2. The van der Waals surface area contributed by atoms with E-state index in [1.807, 2.05) is 23.1 Å². The van der Waals surface area contributed by atoms with Crippen LogP contribution in [0.25, 0.3) is 0 Å². The molecule has 0 unspecified atom stereocenters. The van der Waals surface area contributed by atoms with Crippen LogP contribution < -0.4 is 16.4 Å². The molecule has 1 aliphatic rings. The largest absolute Gasteiger partial charge is 0.330 e. The first-order valence-electron chi connectivity index (χ1n) is 5.58. The van der Waals surface area contributed by atoms with Gasteiger partial charge >= 0.3 is 0 Å². The maximum absolute atomic E-state index is 11.8. The normalized spacial score (nSPS) is 14.4. The van der Waals surface area contributed by atoms with Crippen molar-refractivity contribution in [2.45, 2.75) is 19.4 Å². The summed E-state index contributed by atoms with van der Waals surface area (Å²) in [6.45, 7) is 1.84. The van der Waals surface area contributed by atoms with Crippen LogP contribution in [0.3, 0.4) is 0 Å². The van der Waals surface area contributed by atoms with E-state index in [1.165, 1.54) is 0 Å². The molecule has 16 heavy (non-hydrogen) atoms. The zero-order valence-corrected chi connectivity index (χ0v) is 9.28. The van der Waals surface area contributed by atoms with E-state index in [0.717, 1.165) is 23.2 Å². The molecule has 0 aliphatic carbocycles. The number of amides is 1. The maximum atomic E-state index is 11.8. The first-order valence-corrected chi connectivity index (χ1v) is 5.58. The van der Waals surface area contributed by atoms with Crippen molar-refractivity contribution in [3.63, 3.8) is 0 Å². The molecule has 1 heterocycles. The molecule has 1 aromatic carbocycles. The topological polar surface area (TPSA) is 72.3 Å². The third kappa shape index (κ3) is 1.94. The van der Waals surface area contributed by atoms with Crippen molar-refractivity contribution >= 4 is 11.6 Å². The third-order valence-corrected chi connectivity index (χ3v) is 2.90. The van der Waals surface area contributed by atoms with Crippen molar-refractivity contribution in [1.29, 1.82) is 0 Å². The second kappa shape index (κ2) is 4.63. The van der Waals surface area contributed by atoms with Gasteiger partial charge in [-0.15, -0.1) is 0 Å². The van der Waals surface area contributed by atoms with Crippen molar-refractivity contribution in [2.24, 2.45) is 11.5 Å². The van der Waals surface area contributed by atoms with Crippen LogP contribution in [-0.4, -0.2) is 19.0 Å². The zero-order valence-electron chi connectivity index (χ0n) is 9.28. The number of carbonyl (C=O) groups excluding carboxylic acids is 1. The Morgan fingerprint density at radius 3 is 2.81 bits per heavy atom. The van der Waals surface area contributed by atoms with Gasteiger partial charge in [0.15, 0.2) is 0 Å². The smallest absolute Gasteiger partial charge is 0.231 e. The van der Waals surface area contributed by atoms with E-state index in [0.29, 0.717) is 26.1 Å². The summed E-state index contributed by atoms with van der Waals surface area (Å²) in [7, 11) is 0. The maximum Gasteiger partial charge on any atom is 0.231 e. The molecule has 1 aromatic rings. The molecule has 4 heteroatoms. The van der Waals surface area contributed by atoms with E-state index >= 15 is 0 Å². The zero-order chi connectivity index (χ0) is 11.5. The standard InChI is InChI=1S/C12H17N3O/c13-4-1-5-15-11-3-2-9(8-14)6-10(11)7-12(15)16/h2-3,6H,1,4-5,7-8,13-14H2.